The predicted molar refractivity (Wildman–Crippen MR) is 56.8 cm³/mol. The van der Waals surface area contributed by atoms with Gasteiger partial charge in [0.15, 0.2) is 23.3 Å². The van der Waals surface area contributed by atoms with Gasteiger partial charge in [-0.2, -0.15) is 0 Å². The van der Waals surface area contributed by atoms with Gasteiger partial charge in [0.1, 0.15) is 0 Å². The molecule has 0 saturated heterocycles. The van der Waals surface area contributed by atoms with E-state index in [0.29, 0.717) is 6.42 Å². The van der Waals surface area contributed by atoms with Crippen molar-refractivity contribution >= 4 is 8.80 Å². The number of hydrogen-bond acceptors (Lipinski definition) is 0. The summed E-state index contributed by atoms with van der Waals surface area (Å²) in [5.41, 5.74) is -0.704. The largest absolute Gasteiger partial charge is 0.203 e. The van der Waals surface area contributed by atoms with Crippen molar-refractivity contribution < 1.29 is 22.0 Å². The average molecular weight is 267 g/mol. The van der Waals surface area contributed by atoms with E-state index in [1.54, 1.807) is 0 Å². The lowest BCUT2D eigenvalue weighted by atomic mass is 10.1. The van der Waals surface area contributed by atoms with Crippen LogP contribution in [0, 0.1) is 29.1 Å². The highest BCUT2D eigenvalue weighted by atomic mass is 28.3. The molecule has 0 unspecified atom stereocenters. The van der Waals surface area contributed by atoms with Crippen LogP contribution in [0.15, 0.2) is 0 Å². The van der Waals surface area contributed by atoms with Crippen LogP contribution in [0.1, 0.15) is 12.0 Å². The van der Waals surface area contributed by atoms with Crippen LogP contribution in [0.25, 0.3) is 0 Å². The molecule has 0 heterocycles. The molecule has 0 aromatic heterocycles. The van der Waals surface area contributed by atoms with Crippen molar-refractivity contribution in [1.29, 1.82) is 0 Å². The number of benzene rings is 1. The van der Waals surface area contributed by atoms with Crippen molar-refractivity contribution in [2.45, 2.75) is 32.0 Å². The Bertz CT molecular complexity index is 388. The molecule has 0 fully saturated rings. The molecule has 0 bridgehead atoms. The molecule has 0 nitrogen and oxygen atoms in total. The van der Waals surface area contributed by atoms with E-state index in [1.165, 1.54) is 0 Å². The third-order valence-corrected chi connectivity index (χ3v) is 3.76. The van der Waals surface area contributed by atoms with Crippen molar-refractivity contribution in [2.24, 2.45) is 0 Å². The van der Waals surface area contributed by atoms with E-state index in [2.05, 4.69) is 0 Å². The van der Waals surface area contributed by atoms with Crippen LogP contribution >= 0.6 is 0 Å². The van der Waals surface area contributed by atoms with Gasteiger partial charge in [-0.3, -0.25) is 0 Å². The minimum Gasteiger partial charge on any atom is -0.203 e. The molecule has 95 valence electrons. The molecule has 0 spiro atoms. The van der Waals surface area contributed by atoms with Crippen molar-refractivity contribution in [3.05, 3.63) is 34.6 Å². The molecule has 0 N–H and O–H groups in total. The zero-order chi connectivity index (χ0) is 13.2. The summed E-state index contributed by atoms with van der Waals surface area (Å²) in [6.07, 6.45) is 0.307. The average Bonchev–Trinajstić information content (AvgIpc) is 2.28. The maximum absolute atomic E-state index is 13.2. The summed E-state index contributed by atoms with van der Waals surface area (Å²) in [5, 5.41) is 0. The van der Waals surface area contributed by atoms with E-state index in [4.69, 9.17) is 0 Å². The second-order valence-corrected chi connectivity index (χ2v) is 7.02. The van der Waals surface area contributed by atoms with Gasteiger partial charge in [0.25, 0.3) is 0 Å². The monoisotopic (exact) mass is 267 g/mol. The van der Waals surface area contributed by atoms with Gasteiger partial charge in [-0.05, 0) is 6.42 Å². The summed E-state index contributed by atoms with van der Waals surface area (Å²) in [7, 11) is -0.564. The minimum atomic E-state index is -2.10. The Balaban J connectivity index is 2.99. The molecule has 1 rings (SSSR count). The first kappa shape index (κ1) is 14.1. The van der Waals surface area contributed by atoms with E-state index in [9.17, 15) is 22.0 Å². The lowest BCUT2D eigenvalue weighted by Crippen LogP contribution is -2.08. The van der Waals surface area contributed by atoms with E-state index >= 15 is 0 Å². The highest BCUT2D eigenvalue weighted by molar-refractivity contribution is 6.55. The molecule has 0 atom stereocenters. The van der Waals surface area contributed by atoms with Gasteiger partial charge >= 0.3 is 0 Å². The molecule has 1 aromatic rings. The van der Waals surface area contributed by atoms with Crippen LogP contribution in [0.2, 0.25) is 19.1 Å². The first-order valence-corrected chi connectivity index (χ1v) is 7.86. The van der Waals surface area contributed by atoms with Crippen molar-refractivity contribution in [1.82, 2.24) is 0 Å². The topological polar surface area (TPSA) is 0 Å². The second-order valence-electron chi connectivity index (χ2n) is 4.11. The Morgan fingerprint density at radius 2 is 1.18 bits per heavy atom. The molecule has 1 aromatic carbocycles. The summed E-state index contributed by atoms with van der Waals surface area (Å²) in [5.74, 6) is -9.24. The van der Waals surface area contributed by atoms with Crippen molar-refractivity contribution in [3.63, 3.8) is 0 Å². The van der Waals surface area contributed by atoms with E-state index in [1.807, 2.05) is 13.1 Å². The first-order chi connectivity index (χ1) is 7.86. The third kappa shape index (κ3) is 3.05. The molecule has 0 aliphatic carbocycles. The molecule has 17 heavy (non-hydrogen) atoms. The van der Waals surface area contributed by atoms with Gasteiger partial charge in [0, 0.05) is 14.4 Å². The van der Waals surface area contributed by atoms with Gasteiger partial charge in [-0.1, -0.05) is 25.6 Å². The fourth-order valence-corrected chi connectivity index (χ4v) is 2.37. The van der Waals surface area contributed by atoms with Crippen LogP contribution in [-0.2, 0) is 6.42 Å². The van der Waals surface area contributed by atoms with Gasteiger partial charge in [0.05, 0.1) is 0 Å². The number of halogens is 5. The van der Waals surface area contributed by atoms with Crippen LogP contribution in [0.5, 0.6) is 0 Å². The molecule has 6 heteroatoms. The lowest BCUT2D eigenvalue weighted by Gasteiger charge is -2.08. The summed E-state index contributed by atoms with van der Waals surface area (Å²) >= 11 is 0. The quantitative estimate of drug-likeness (QED) is 0.334. The molecule has 0 amide bonds. The summed E-state index contributed by atoms with van der Waals surface area (Å²) < 4.78 is 64.8. The highest BCUT2D eigenvalue weighted by Crippen LogP contribution is 2.24. The second kappa shape index (κ2) is 5.62. The first-order valence-electron chi connectivity index (χ1n) is 5.15. The molecule has 0 saturated carbocycles. The summed E-state index contributed by atoms with van der Waals surface area (Å²) in [6.45, 7) is 4.03. The Labute approximate surface area is 98.1 Å². The zero-order valence-corrected chi connectivity index (χ0v) is 10.5. The fraction of sp³-hybridized carbons (Fsp3) is 0.455. The van der Waals surface area contributed by atoms with Crippen LogP contribution in [-0.4, -0.2) is 8.80 Å². The summed E-state index contributed by atoms with van der Waals surface area (Å²) in [4.78, 5) is 0. The van der Waals surface area contributed by atoms with Crippen LogP contribution in [0.4, 0.5) is 22.0 Å². The minimum absolute atomic E-state index is 0.123. The molecular formula is C11H12F5Si. The van der Waals surface area contributed by atoms with E-state index < -0.39 is 43.4 Å². The van der Waals surface area contributed by atoms with E-state index in [-0.39, 0.29) is 6.42 Å². The Morgan fingerprint density at radius 1 is 0.765 bits per heavy atom. The molecule has 1 radical (unpaired) electrons. The fourth-order valence-electron chi connectivity index (χ4n) is 1.49. The van der Waals surface area contributed by atoms with Crippen molar-refractivity contribution in [3.8, 4) is 0 Å². The van der Waals surface area contributed by atoms with Gasteiger partial charge in [-0.15, -0.1) is 0 Å². The van der Waals surface area contributed by atoms with E-state index in [0.717, 1.165) is 6.04 Å². The van der Waals surface area contributed by atoms with Crippen molar-refractivity contribution in [2.75, 3.05) is 0 Å². The Kier molecular flexibility index (Phi) is 4.67. The zero-order valence-electron chi connectivity index (χ0n) is 9.51. The van der Waals surface area contributed by atoms with Gasteiger partial charge in [0.2, 0.25) is 5.82 Å². The maximum atomic E-state index is 13.2. The van der Waals surface area contributed by atoms with Crippen LogP contribution in [0.3, 0.4) is 0 Å². The number of hydrogen-bond donors (Lipinski definition) is 0. The molecule has 0 aliphatic rings. The third-order valence-electron chi connectivity index (χ3n) is 2.40. The smallest absolute Gasteiger partial charge is 0.200 e. The molecule has 0 aliphatic heterocycles. The van der Waals surface area contributed by atoms with Gasteiger partial charge in [-0.25, -0.2) is 22.0 Å². The highest BCUT2D eigenvalue weighted by Gasteiger charge is 2.25. The normalized spacial score (nSPS) is 11.3. The standard InChI is InChI=1S/C11H12F5Si/c1-17(2)5-3-4-6-7(12)9(14)11(16)10(15)8(6)13/h3-5H2,1-2H3. The lowest BCUT2D eigenvalue weighted by molar-refractivity contribution is 0.369. The maximum Gasteiger partial charge on any atom is 0.200 e. The SMILES string of the molecule is C[Si](C)CCCc1c(F)c(F)c(F)c(F)c1F. The van der Waals surface area contributed by atoms with Crippen LogP contribution < -0.4 is 0 Å². The Morgan fingerprint density at radius 3 is 1.59 bits per heavy atom. The predicted octanol–water partition coefficient (Wildman–Crippen LogP) is 4.07. The summed E-state index contributed by atoms with van der Waals surface area (Å²) in [6, 6.07) is 0.768. The number of rotatable bonds is 4. The molecular weight excluding hydrogens is 255 g/mol. The van der Waals surface area contributed by atoms with Gasteiger partial charge < -0.3 is 0 Å². The Hall–Kier alpha value is -0.913.